The second kappa shape index (κ2) is 6.21. The van der Waals surface area contributed by atoms with Crippen LogP contribution in [-0.4, -0.2) is 25.0 Å². The van der Waals surface area contributed by atoms with Crippen LogP contribution in [0.4, 0.5) is 11.4 Å². The molecule has 1 aromatic carbocycles. The van der Waals surface area contributed by atoms with Crippen LogP contribution in [0.2, 0.25) is 5.02 Å². The Morgan fingerprint density at radius 2 is 2.06 bits per heavy atom. The van der Waals surface area contributed by atoms with Crippen LogP contribution in [-0.2, 0) is 10.0 Å². The molecule has 0 unspecified atom stereocenters. The van der Waals surface area contributed by atoms with Gasteiger partial charge in [0, 0.05) is 17.0 Å². The van der Waals surface area contributed by atoms with Gasteiger partial charge in [-0.25, -0.2) is 8.42 Å². The predicted octanol–water partition coefficient (Wildman–Crippen LogP) is 2.62. The molecule has 0 amide bonds. The average Bonchev–Trinajstić information content (AvgIpc) is 2.28. The molecule has 6 nitrogen and oxygen atoms in total. The van der Waals surface area contributed by atoms with Crippen LogP contribution in [0.1, 0.15) is 6.42 Å². The Hall–Kier alpha value is -1.05. The number of hydrogen-bond acceptors (Lipinski definition) is 4. The summed E-state index contributed by atoms with van der Waals surface area (Å²) in [5.41, 5.74) is -0.504. The molecule has 18 heavy (non-hydrogen) atoms. The third-order valence-corrected chi connectivity index (χ3v) is 3.83. The van der Waals surface area contributed by atoms with Crippen LogP contribution in [0.15, 0.2) is 18.2 Å². The minimum absolute atomic E-state index is 0.112. The van der Waals surface area contributed by atoms with Crippen LogP contribution in [0, 0.1) is 10.1 Å². The monoisotopic (exact) mass is 312 g/mol. The summed E-state index contributed by atoms with van der Waals surface area (Å²) in [5, 5.41) is 10.9. The van der Waals surface area contributed by atoms with Crippen molar-refractivity contribution in [2.24, 2.45) is 0 Å². The topological polar surface area (TPSA) is 89.3 Å². The molecule has 0 saturated heterocycles. The number of nitro groups is 1. The maximum atomic E-state index is 11.6. The molecule has 1 N–H and O–H groups in total. The zero-order chi connectivity index (χ0) is 13.8. The van der Waals surface area contributed by atoms with E-state index in [9.17, 15) is 18.5 Å². The fourth-order valence-electron chi connectivity index (χ4n) is 1.21. The average molecular weight is 313 g/mol. The van der Waals surface area contributed by atoms with Gasteiger partial charge in [0.25, 0.3) is 5.69 Å². The maximum absolute atomic E-state index is 11.6. The molecule has 0 aliphatic rings. The normalized spacial score (nSPS) is 11.2. The van der Waals surface area contributed by atoms with Crippen LogP contribution in [0.5, 0.6) is 0 Å². The summed E-state index contributed by atoms with van der Waals surface area (Å²) >= 11 is 11.0. The summed E-state index contributed by atoms with van der Waals surface area (Å²) in [7, 11) is -3.65. The largest absolute Gasteiger partial charge is 0.294 e. The molecule has 0 spiro atoms. The summed E-state index contributed by atoms with van der Waals surface area (Å²) in [5.74, 6) is -0.0000974. The Bertz CT molecular complexity index is 547. The van der Waals surface area contributed by atoms with E-state index in [2.05, 4.69) is 4.72 Å². The van der Waals surface area contributed by atoms with Gasteiger partial charge in [0.1, 0.15) is 5.69 Å². The summed E-state index contributed by atoms with van der Waals surface area (Å²) in [4.78, 5) is 10.1. The number of rotatable bonds is 6. The first-order chi connectivity index (χ1) is 8.35. The van der Waals surface area contributed by atoms with Gasteiger partial charge >= 0.3 is 0 Å². The van der Waals surface area contributed by atoms with Gasteiger partial charge in [-0.05, 0) is 18.6 Å². The van der Waals surface area contributed by atoms with Gasteiger partial charge in [-0.2, -0.15) is 0 Å². The fraction of sp³-hybridized carbons (Fsp3) is 0.333. The second-order valence-corrected chi connectivity index (χ2v) is 6.04. The molecule has 0 bridgehead atoms. The van der Waals surface area contributed by atoms with E-state index < -0.39 is 20.6 Å². The number of nitrogens with one attached hydrogen (secondary N) is 1. The summed E-state index contributed by atoms with van der Waals surface area (Å²) < 4.78 is 25.3. The number of alkyl halides is 1. The molecule has 0 atom stereocenters. The smallest absolute Gasteiger partial charge is 0.277 e. The SMILES string of the molecule is O=[N+]([O-])c1cc(Cl)ccc1NS(=O)(=O)CCCCl. The minimum atomic E-state index is -3.65. The first-order valence-corrected chi connectivity index (χ1v) is 7.42. The molecule has 0 heterocycles. The first kappa shape index (κ1) is 15.0. The molecule has 0 saturated carbocycles. The fourth-order valence-corrected chi connectivity index (χ4v) is 2.80. The zero-order valence-corrected chi connectivity index (χ0v) is 11.4. The number of benzene rings is 1. The van der Waals surface area contributed by atoms with Crippen molar-refractivity contribution in [2.75, 3.05) is 16.4 Å². The third kappa shape index (κ3) is 4.32. The summed E-state index contributed by atoms with van der Waals surface area (Å²) in [6.07, 6.45) is 0.262. The van der Waals surface area contributed by atoms with Crippen molar-refractivity contribution in [2.45, 2.75) is 6.42 Å². The number of halogens is 2. The van der Waals surface area contributed by atoms with Crippen molar-refractivity contribution in [3.8, 4) is 0 Å². The van der Waals surface area contributed by atoms with E-state index in [1.165, 1.54) is 12.1 Å². The molecule has 1 aromatic rings. The van der Waals surface area contributed by atoms with Crippen LogP contribution < -0.4 is 4.72 Å². The highest BCUT2D eigenvalue weighted by Gasteiger charge is 2.19. The molecular weight excluding hydrogens is 303 g/mol. The van der Waals surface area contributed by atoms with E-state index in [-0.39, 0.29) is 28.8 Å². The summed E-state index contributed by atoms with van der Waals surface area (Å²) in [6, 6.07) is 3.70. The second-order valence-electron chi connectivity index (χ2n) is 3.38. The lowest BCUT2D eigenvalue weighted by atomic mass is 10.3. The standard InChI is InChI=1S/C9H10Cl2N2O4S/c10-4-1-5-18(16,17)12-8-3-2-7(11)6-9(8)13(14)15/h2-3,6,12H,1,4-5H2. The number of nitrogens with zero attached hydrogens (tertiary/aromatic N) is 1. The van der Waals surface area contributed by atoms with Crippen molar-refractivity contribution in [1.82, 2.24) is 0 Å². The van der Waals surface area contributed by atoms with E-state index in [1.54, 1.807) is 0 Å². The van der Waals surface area contributed by atoms with Gasteiger partial charge < -0.3 is 0 Å². The Morgan fingerprint density at radius 1 is 1.39 bits per heavy atom. The molecular formula is C9H10Cl2N2O4S. The van der Waals surface area contributed by atoms with Gasteiger partial charge in [0.2, 0.25) is 10.0 Å². The molecule has 0 radical (unpaired) electrons. The number of hydrogen-bond donors (Lipinski definition) is 1. The minimum Gasteiger partial charge on any atom is -0.277 e. The van der Waals surface area contributed by atoms with Gasteiger partial charge in [0.15, 0.2) is 0 Å². The van der Waals surface area contributed by atoms with Crippen molar-refractivity contribution < 1.29 is 13.3 Å². The highest BCUT2D eigenvalue weighted by Crippen LogP contribution is 2.28. The first-order valence-electron chi connectivity index (χ1n) is 4.86. The Kier molecular flexibility index (Phi) is 5.18. The number of nitro benzene ring substituents is 1. The molecule has 0 aromatic heterocycles. The highest BCUT2D eigenvalue weighted by atomic mass is 35.5. The Balaban J connectivity index is 3.01. The zero-order valence-electron chi connectivity index (χ0n) is 9.10. The van der Waals surface area contributed by atoms with Gasteiger partial charge in [-0.1, -0.05) is 11.6 Å². The lowest BCUT2D eigenvalue weighted by Gasteiger charge is -2.07. The van der Waals surface area contributed by atoms with Gasteiger partial charge in [-0.15, -0.1) is 11.6 Å². The van der Waals surface area contributed by atoms with E-state index in [4.69, 9.17) is 23.2 Å². The molecule has 0 aliphatic heterocycles. The molecule has 9 heteroatoms. The van der Waals surface area contributed by atoms with Crippen LogP contribution in [0.25, 0.3) is 0 Å². The predicted molar refractivity (Wildman–Crippen MR) is 70.9 cm³/mol. The molecule has 0 aliphatic carbocycles. The Labute approximate surface area is 114 Å². The maximum Gasteiger partial charge on any atom is 0.294 e. The Morgan fingerprint density at radius 3 is 2.61 bits per heavy atom. The van der Waals surface area contributed by atoms with Crippen molar-refractivity contribution in [3.63, 3.8) is 0 Å². The molecule has 0 fully saturated rings. The van der Waals surface area contributed by atoms with E-state index in [0.717, 1.165) is 6.07 Å². The number of sulfonamides is 1. The van der Waals surface area contributed by atoms with Crippen molar-refractivity contribution >= 4 is 44.6 Å². The third-order valence-electron chi connectivity index (χ3n) is 1.97. The van der Waals surface area contributed by atoms with E-state index in [0.29, 0.717) is 0 Å². The highest BCUT2D eigenvalue weighted by molar-refractivity contribution is 7.92. The lowest BCUT2D eigenvalue weighted by molar-refractivity contribution is -0.383. The summed E-state index contributed by atoms with van der Waals surface area (Å²) in [6.45, 7) is 0. The van der Waals surface area contributed by atoms with Crippen molar-refractivity contribution in [3.05, 3.63) is 33.3 Å². The van der Waals surface area contributed by atoms with E-state index in [1.807, 2.05) is 0 Å². The number of anilines is 1. The van der Waals surface area contributed by atoms with E-state index >= 15 is 0 Å². The molecule has 1 rings (SSSR count). The quantitative estimate of drug-likeness (QED) is 0.496. The van der Waals surface area contributed by atoms with Crippen molar-refractivity contribution in [1.29, 1.82) is 0 Å². The molecule has 100 valence electrons. The van der Waals surface area contributed by atoms with Gasteiger partial charge in [0.05, 0.1) is 10.7 Å². The van der Waals surface area contributed by atoms with Crippen LogP contribution in [0.3, 0.4) is 0 Å². The lowest BCUT2D eigenvalue weighted by Crippen LogP contribution is -2.17. The van der Waals surface area contributed by atoms with Gasteiger partial charge in [-0.3, -0.25) is 14.8 Å². The van der Waals surface area contributed by atoms with Crippen LogP contribution >= 0.6 is 23.2 Å².